The molecule has 2 aromatic carbocycles. The molecular formula is C17H11BrClF3N2O2. The minimum atomic E-state index is -3.01. The van der Waals surface area contributed by atoms with E-state index in [1.165, 1.54) is 24.3 Å². The molecule has 9 heteroatoms. The monoisotopic (exact) mass is 446 g/mol. The molecule has 1 aromatic heterocycles. The van der Waals surface area contributed by atoms with Gasteiger partial charge in [-0.15, -0.1) is 0 Å². The van der Waals surface area contributed by atoms with Gasteiger partial charge in [-0.25, -0.2) is 9.37 Å². The maximum Gasteiger partial charge on any atom is 0.387 e. The number of imidazole rings is 1. The lowest BCUT2D eigenvalue weighted by Gasteiger charge is -2.20. The lowest BCUT2D eigenvalue weighted by atomic mass is 10.0. The highest BCUT2D eigenvalue weighted by molar-refractivity contribution is 9.10. The average molecular weight is 448 g/mol. The number of aromatic nitrogens is 2. The van der Waals surface area contributed by atoms with Gasteiger partial charge in [-0.05, 0) is 34.1 Å². The van der Waals surface area contributed by atoms with Gasteiger partial charge in [0.1, 0.15) is 23.5 Å². The van der Waals surface area contributed by atoms with Crippen LogP contribution in [0.2, 0.25) is 5.02 Å². The Morgan fingerprint density at radius 3 is 2.85 bits per heavy atom. The minimum Gasteiger partial charge on any atom is -0.434 e. The van der Waals surface area contributed by atoms with Gasteiger partial charge >= 0.3 is 6.61 Å². The van der Waals surface area contributed by atoms with Crippen molar-refractivity contribution in [2.75, 3.05) is 0 Å². The number of ether oxygens (including phenoxy) is 1. The van der Waals surface area contributed by atoms with Crippen LogP contribution in [0, 0.1) is 5.82 Å². The number of hydrogen-bond donors (Lipinski definition) is 1. The SMILES string of the molecule is O[C@H]1C[C@H](c2c(Cl)cccc2OC(F)F)n2c1nc1cc(F)c(Br)cc12. The zero-order chi connectivity index (χ0) is 18.6. The molecule has 4 rings (SSSR count). The Bertz CT molecular complexity index is 1010. The summed E-state index contributed by atoms with van der Waals surface area (Å²) < 4.78 is 46.0. The van der Waals surface area contributed by atoms with Crippen LogP contribution in [0.15, 0.2) is 34.8 Å². The Kier molecular flexibility index (Phi) is 4.37. The van der Waals surface area contributed by atoms with Crippen LogP contribution in [0.25, 0.3) is 11.0 Å². The van der Waals surface area contributed by atoms with Crippen molar-refractivity contribution in [3.63, 3.8) is 0 Å². The summed E-state index contributed by atoms with van der Waals surface area (Å²) in [5, 5.41) is 10.6. The first kappa shape index (κ1) is 17.6. The third kappa shape index (κ3) is 2.76. The standard InChI is InChI=1S/C17H11BrClF3N2O2/c18-7-4-11-10(5-9(7)20)23-16-13(25)6-12(24(11)16)15-8(19)2-1-3-14(15)26-17(21)22/h1-5,12-13,17,25H,6H2/t12-,13+/m1/s1. The number of alkyl halides is 2. The second-order valence-electron chi connectivity index (χ2n) is 5.89. The molecule has 3 aromatic rings. The van der Waals surface area contributed by atoms with Crippen molar-refractivity contribution in [2.24, 2.45) is 0 Å². The molecule has 0 unspecified atom stereocenters. The van der Waals surface area contributed by atoms with Crippen LogP contribution in [0.1, 0.15) is 30.0 Å². The topological polar surface area (TPSA) is 47.3 Å². The zero-order valence-corrected chi connectivity index (χ0v) is 15.3. The molecule has 0 aliphatic carbocycles. The Morgan fingerprint density at radius 2 is 2.12 bits per heavy atom. The first-order valence-electron chi connectivity index (χ1n) is 7.65. The normalized spacial score (nSPS) is 19.3. The molecule has 4 nitrogen and oxygen atoms in total. The molecule has 1 N–H and O–H groups in total. The van der Waals surface area contributed by atoms with E-state index in [-0.39, 0.29) is 21.7 Å². The van der Waals surface area contributed by atoms with Gasteiger partial charge in [0.15, 0.2) is 0 Å². The van der Waals surface area contributed by atoms with Crippen molar-refractivity contribution in [1.82, 2.24) is 9.55 Å². The van der Waals surface area contributed by atoms with Gasteiger partial charge in [0.05, 0.1) is 21.5 Å². The Morgan fingerprint density at radius 1 is 1.35 bits per heavy atom. The number of fused-ring (bicyclic) bond motifs is 3. The van der Waals surface area contributed by atoms with Crippen LogP contribution < -0.4 is 4.74 Å². The maximum absolute atomic E-state index is 13.8. The van der Waals surface area contributed by atoms with Crippen LogP contribution in [0.4, 0.5) is 13.2 Å². The van der Waals surface area contributed by atoms with Crippen LogP contribution in [0.3, 0.4) is 0 Å². The highest BCUT2D eigenvalue weighted by atomic mass is 79.9. The minimum absolute atomic E-state index is 0.0689. The molecule has 1 aliphatic heterocycles. The lowest BCUT2D eigenvalue weighted by Crippen LogP contribution is -2.11. The molecule has 2 heterocycles. The summed E-state index contributed by atoms with van der Waals surface area (Å²) in [5.74, 6) is -0.231. The van der Waals surface area contributed by atoms with Crippen LogP contribution in [-0.2, 0) is 0 Å². The molecule has 0 fully saturated rings. The molecule has 0 bridgehead atoms. The Balaban J connectivity index is 1.94. The quantitative estimate of drug-likeness (QED) is 0.599. The fraction of sp³-hybridized carbons (Fsp3) is 0.235. The summed E-state index contributed by atoms with van der Waals surface area (Å²) in [6, 6.07) is 6.67. The fourth-order valence-electron chi connectivity index (χ4n) is 3.38. The Hall–Kier alpha value is -1.77. The molecule has 0 radical (unpaired) electrons. The maximum atomic E-state index is 13.8. The van der Waals surface area contributed by atoms with Gasteiger partial charge in [0, 0.05) is 23.1 Å². The summed E-state index contributed by atoms with van der Waals surface area (Å²) in [4.78, 5) is 4.29. The first-order valence-corrected chi connectivity index (χ1v) is 8.82. The third-order valence-electron chi connectivity index (χ3n) is 4.38. The predicted octanol–water partition coefficient (Wildman–Crippen LogP) is 5.22. The third-order valence-corrected chi connectivity index (χ3v) is 5.31. The average Bonchev–Trinajstić information content (AvgIpc) is 3.06. The summed E-state index contributed by atoms with van der Waals surface area (Å²) >= 11 is 9.41. The number of aliphatic hydroxyl groups excluding tert-OH is 1. The predicted molar refractivity (Wildman–Crippen MR) is 93.2 cm³/mol. The summed E-state index contributed by atoms with van der Waals surface area (Å²) in [5.41, 5.74) is 1.23. The van der Waals surface area contributed by atoms with E-state index in [2.05, 4.69) is 25.7 Å². The van der Waals surface area contributed by atoms with Crippen molar-refractivity contribution in [1.29, 1.82) is 0 Å². The molecule has 2 atom stereocenters. The first-order chi connectivity index (χ1) is 12.4. The second-order valence-corrected chi connectivity index (χ2v) is 7.15. The van der Waals surface area contributed by atoms with Crippen molar-refractivity contribution in [2.45, 2.75) is 25.2 Å². The highest BCUT2D eigenvalue weighted by Gasteiger charge is 2.37. The molecule has 26 heavy (non-hydrogen) atoms. The van der Waals surface area contributed by atoms with Gasteiger partial charge < -0.3 is 14.4 Å². The number of hydrogen-bond acceptors (Lipinski definition) is 3. The van der Waals surface area contributed by atoms with Crippen molar-refractivity contribution < 1.29 is 23.0 Å². The van der Waals surface area contributed by atoms with E-state index in [4.69, 9.17) is 11.6 Å². The van der Waals surface area contributed by atoms with E-state index in [0.717, 1.165) is 0 Å². The number of aliphatic hydroxyl groups is 1. The van der Waals surface area contributed by atoms with Gasteiger partial charge in [0.25, 0.3) is 0 Å². The largest absolute Gasteiger partial charge is 0.434 e. The molecule has 1 aliphatic rings. The number of nitrogens with zero attached hydrogens (tertiary/aromatic N) is 2. The van der Waals surface area contributed by atoms with E-state index in [1.807, 2.05) is 0 Å². The van der Waals surface area contributed by atoms with Crippen molar-refractivity contribution >= 4 is 38.6 Å². The van der Waals surface area contributed by atoms with Crippen LogP contribution in [0.5, 0.6) is 5.75 Å². The van der Waals surface area contributed by atoms with Crippen LogP contribution in [-0.4, -0.2) is 21.3 Å². The summed E-state index contributed by atoms with van der Waals surface area (Å²) in [6.07, 6.45) is -0.749. The number of halogens is 5. The van der Waals surface area contributed by atoms with Gasteiger partial charge in [-0.1, -0.05) is 17.7 Å². The Labute approximate surface area is 159 Å². The van der Waals surface area contributed by atoms with E-state index >= 15 is 0 Å². The molecule has 0 saturated heterocycles. The van der Waals surface area contributed by atoms with E-state index in [1.54, 1.807) is 10.6 Å². The van der Waals surface area contributed by atoms with Crippen molar-refractivity contribution in [3.05, 3.63) is 57.0 Å². The molecule has 0 saturated carbocycles. The van der Waals surface area contributed by atoms with E-state index < -0.39 is 24.6 Å². The number of rotatable bonds is 3. The van der Waals surface area contributed by atoms with Crippen molar-refractivity contribution in [3.8, 4) is 5.75 Å². The molecule has 0 spiro atoms. The van der Waals surface area contributed by atoms with Gasteiger partial charge in [0.2, 0.25) is 0 Å². The smallest absolute Gasteiger partial charge is 0.387 e. The molecule has 0 amide bonds. The summed E-state index contributed by atoms with van der Waals surface area (Å²) in [6.45, 7) is -3.01. The second kappa shape index (κ2) is 6.44. The number of benzene rings is 2. The highest BCUT2D eigenvalue weighted by Crippen LogP contribution is 2.46. The lowest BCUT2D eigenvalue weighted by molar-refractivity contribution is -0.0507. The summed E-state index contributed by atoms with van der Waals surface area (Å²) in [7, 11) is 0. The zero-order valence-electron chi connectivity index (χ0n) is 13.0. The molecular weight excluding hydrogens is 437 g/mol. The van der Waals surface area contributed by atoms with Gasteiger partial charge in [-0.2, -0.15) is 8.78 Å². The molecule has 136 valence electrons. The van der Waals surface area contributed by atoms with Crippen LogP contribution >= 0.6 is 27.5 Å². The fourth-order valence-corrected chi connectivity index (χ4v) is 4.00. The van der Waals surface area contributed by atoms with Gasteiger partial charge in [-0.3, -0.25) is 0 Å². The van der Waals surface area contributed by atoms with E-state index in [9.17, 15) is 18.3 Å². The van der Waals surface area contributed by atoms with E-state index in [0.29, 0.717) is 22.4 Å².